The molecule has 0 aromatic heterocycles. The third-order valence-corrected chi connectivity index (χ3v) is 6.63. The summed E-state index contributed by atoms with van der Waals surface area (Å²) in [6, 6.07) is 1.77. The highest BCUT2D eigenvalue weighted by molar-refractivity contribution is 5.92. The lowest BCUT2D eigenvalue weighted by Gasteiger charge is -2.40. The van der Waals surface area contributed by atoms with Gasteiger partial charge < -0.3 is 44.8 Å². The predicted octanol–water partition coefficient (Wildman–Crippen LogP) is 1.29. The van der Waals surface area contributed by atoms with Crippen LogP contribution in [0.2, 0.25) is 0 Å². The van der Waals surface area contributed by atoms with Gasteiger partial charge in [0, 0.05) is 12.3 Å². The SMILES string of the molecule is CC1=CC(=O)CC(C)(C)[C@H]1/C=C/[C@@H](C)O[C@@H]1O[C@H](COC(=O)c2cc(O)c(O)c(O)c2)[C@@H](O)[C@H](O)[C@H]1O. The molecule has 1 aliphatic heterocycles. The fourth-order valence-corrected chi connectivity index (χ4v) is 4.64. The van der Waals surface area contributed by atoms with E-state index in [0.29, 0.717) is 6.42 Å². The summed E-state index contributed by atoms with van der Waals surface area (Å²) in [5.74, 6) is -3.20. The van der Waals surface area contributed by atoms with Gasteiger partial charge in [0.2, 0.25) is 0 Å². The quantitative estimate of drug-likeness (QED) is 0.172. The summed E-state index contributed by atoms with van der Waals surface area (Å²) in [5.41, 5.74) is 0.365. The summed E-state index contributed by atoms with van der Waals surface area (Å²) >= 11 is 0. The molecule has 7 atom stereocenters. The van der Waals surface area contributed by atoms with Gasteiger partial charge >= 0.3 is 5.97 Å². The van der Waals surface area contributed by atoms with Crippen LogP contribution in [0.1, 0.15) is 44.5 Å². The molecule has 11 nitrogen and oxygen atoms in total. The van der Waals surface area contributed by atoms with Gasteiger partial charge in [-0.2, -0.15) is 0 Å². The van der Waals surface area contributed by atoms with E-state index in [-0.39, 0.29) is 22.7 Å². The van der Waals surface area contributed by atoms with E-state index in [0.717, 1.165) is 17.7 Å². The number of allylic oxidation sites excluding steroid dienone is 3. The molecule has 0 saturated carbocycles. The summed E-state index contributed by atoms with van der Waals surface area (Å²) in [5, 5.41) is 59.5. The number of phenolic OH excluding ortho intramolecular Hbond substituents is 3. The van der Waals surface area contributed by atoms with Crippen molar-refractivity contribution >= 4 is 11.8 Å². The van der Waals surface area contributed by atoms with Crippen molar-refractivity contribution in [3.63, 3.8) is 0 Å². The highest BCUT2D eigenvalue weighted by Gasteiger charge is 2.45. The smallest absolute Gasteiger partial charge is 0.338 e. The van der Waals surface area contributed by atoms with Gasteiger partial charge in [-0.15, -0.1) is 0 Å². The number of aliphatic hydroxyl groups is 3. The molecule has 6 N–H and O–H groups in total. The van der Waals surface area contributed by atoms with E-state index < -0.39 is 66.6 Å². The molecule has 1 aromatic rings. The summed E-state index contributed by atoms with van der Waals surface area (Å²) in [4.78, 5) is 24.2. The summed E-state index contributed by atoms with van der Waals surface area (Å²) in [7, 11) is 0. The van der Waals surface area contributed by atoms with Crippen LogP contribution in [0.3, 0.4) is 0 Å². The molecule has 0 spiro atoms. The molecular weight excluding hydrogens is 488 g/mol. The Morgan fingerprint density at radius 2 is 1.76 bits per heavy atom. The monoisotopic (exact) mass is 522 g/mol. The number of carbonyl (C=O) groups is 2. The van der Waals surface area contributed by atoms with Crippen molar-refractivity contribution in [3.05, 3.63) is 41.5 Å². The van der Waals surface area contributed by atoms with Crippen LogP contribution in [-0.4, -0.2) is 85.8 Å². The lowest BCUT2D eigenvalue weighted by molar-refractivity contribution is -0.306. The number of esters is 1. The van der Waals surface area contributed by atoms with Gasteiger partial charge in [-0.3, -0.25) is 4.79 Å². The highest BCUT2D eigenvalue weighted by Crippen LogP contribution is 2.40. The lowest BCUT2D eigenvalue weighted by Crippen LogP contribution is -2.59. The normalized spacial score (nSPS) is 30.7. The fraction of sp³-hybridized carbons (Fsp3) is 0.538. The van der Waals surface area contributed by atoms with Crippen molar-refractivity contribution in [1.82, 2.24) is 0 Å². The van der Waals surface area contributed by atoms with Crippen LogP contribution < -0.4 is 0 Å². The number of ketones is 1. The Morgan fingerprint density at radius 3 is 2.35 bits per heavy atom. The molecule has 0 unspecified atom stereocenters. The number of aromatic hydroxyl groups is 3. The van der Waals surface area contributed by atoms with Gasteiger partial charge in [0.25, 0.3) is 0 Å². The van der Waals surface area contributed by atoms with Crippen molar-refractivity contribution in [1.29, 1.82) is 0 Å². The standard InChI is InChI=1S/C26H34O11/c1-12-7-15(27)10-26(3,4)16(12)6-5-13(2)36-25-23(33)22(32)21(31)19(37-25)11-35-24(34)14-8-17(28)20(30)18(29)9-14/h5-9,13,16,19,21-23,25,28-33H,10-11H2,1-4H3/b6-5+/t13-,16+,19-,21-,22+,23-,25-/m1/s1. The van der Waals surface area contributed by atoms with Crippen LogP contribution in [-0.2, 0) is 19.0 Å². The molecule has 1 aliphatic carbocycles. The van der Waals surface area contributed by atoms with Crippen LogP contribution in [0.5, 0.6) is 17.2 Å². The number of benzene rings is 1. The van der Waals surface area contributed by atoms with Gasteiger partial charge in [-0.25, -0.2) is 4.79 Å². The van der Waals surface area contributed by atoms with E-state index in [2.05, 4.69) is 0 Å². The van der Waals surface area contributed by atoms with Crippen molar-refractivity contribution in [3.8, 4) is 17.2 Å². The second kappa shape index (κ2) is 11.2. The van der Waals surface area contributed by atoms with Crippen LogP contribution in [0, 0.1) is 11.3 Å². The van der Waals surface area contributed by atoms with Gasteiger partial charge in [0.15, 0.2) is 29.3 Å². The number of rotatable bonds is 7. The average molecular weight is 523 g/mol. The van der Waals surface area contributed by atoms with Crippen LogP contribution in [0.25, 0.3) is 0 Å². The molecule has 3 rings (SSSR count). The molecule has 0 amide bonds. The minimum Gasteiger partial charge on any atom is -0.504 e. The molecular formula is C26H34O11. The summed E-state index contributed by atoms with van der Waals surface area (Å²) < 4.78 is 16.4. The fourth-order valence-electron chi connectivity index (χ4n) is 4.64. The predicted molar refractivity (Wildman–Crippen MR) is 129 cm³/mol. The minimum absolute atomic E-state index is 0.00760. The molecule has 37 heavy (non-hydrogen) atoms. The van der Waals surface area contributed by atoms with E-state index in [4.69, 9.17) is 14.2 Å². The number of hydrogen-bond acceptors (Lipinski definition) is 11. The van der Waals surface area contributed by atoms with E-state index in [9.17, 15) is 40.2 Å². The molecule has 2 aliphatic rings. The lowest BCUT2D eigenvalue weighted by atomic mass is 9.68. The second-order valence-electron chi connectivity index (χ2n) is 10.2. The van der Waals surface area contributed by atoms with E-state index in [1.807, 2.05) is 26.8 Å². The first kappa shape index (κ1) is 28.6. The van der Waals surface area contributed by atoms with Gasteiger partial charge in [-0.05, 0) is 37.5 Å². The number of hydrogen-bond donors (Lipinski definition) is 6. The van der Waals surface area contributed by atoms with Crippen LogP contribution in [0.15, 0.2) is 35.9 Å². The van der Waals surface area contributed by atoms with Crippen LogP contribution in [0.4, 0.5) is 0 Å². The molecule has 0 radical (unpaired) electrons. The zero-order chi connectivity index (χ0) is 27.7. The third-order valence-electron chi connectivity index (χ3n) is 6.63. The Bertz CT molecular complexity index is 1050. The maximum atomic E-state index is 12.3. The largest absolute Gasteiger partial charge is 0.504 e. The molecule has 1 aromatic carbocycles. The summed E-state index contributed by atoms with van der Waals surface area (Å²) in [6.45, 7) is 7.03. The van der Waals surface area contributed by atoms with Crippen molar-refractivity contribution < 1.29 is 54.4 Å². The van der Waals surface area contributed by atoms with Crippen molar-refractivity contribution in [2.45, 2.75) is 70.9 Å². The Morgan fingerprint density at radius 1 is 1.14 bits per heavy atom. The topological polar surface area (TPSA) is 183 Å². The highest BCUT2D eigenvalue weighted by atomic mass is 16.7. The third kappa shape index (κ3) is 6.49. The maximum absolute atomic E-state index is 12.3. The van der Waals surface area contributed by atoms with Crippen LogP contribution >= 0.6 is 0 Å². The molecule has 1 heterocycles. The molecule has 1 saturated heterocycles. The van der Waals surface area contributed by atoms with E-state index in [1.165, 1.54) is 0 Å². The first-order valence-electron chi connectivity index (χ1n) is 11.9. The van der Waals surface area contributed by atoms with Crippen molar-refractivity contribution in [2.75, 3.05) is 6.61 Å². The Hall–Kier alpha value is -2.96. The van der Waals surface area contributed by atoms with Gasteiger partial charge in [-0.1, -0.05) is 31.6 Å². The molecule has 11 heteroatoms. The van der Waals surface area contributed by atoms with E-state index in [1.54, 1.807) is 19.1 Å². The van der Waals surface area contributed by atoms with E-state index >= 15 is 0 Å². The summed E-state index contributed by atoms with van der Waals surface area (Å²) in [6.07, 6.45) is -2.35. The number of aliphatic hydroxyl groups excluding tert-OH is 3. The Kier molecular flexibility index (Phi) is 8.66. The first-order chi connectivity index (χ1) is 17.2. The Labute approximate surface area is 214 Å². The number of phenols is 3. The van der Waals surface area contributed by atoms with Gasteiger partial charge in [0.1, 0.15) is 31.0 Å². The van der Waals surface area contributed by atoms with Gasteiger partial charge in [0.05, 0.1) is 11.7 Å². The number of carbonyl (C=O) groups excluding carboxylic acids is 2. The number of ether oxygens (including phenoxy) is 3. The molecule has 204 valence electrons. The Balaban J connectivity index is 1.64. The zero-order valence-corrected chi connectivity index (χ0v) is 21.1. The minimum atomic E-state index is -1.66. The first-order valence-corrected chi connectivity index (χ1v) is 11.9. The zero-order valence-electron chi connectivity index (χ0n) is 21.1. The molecule has 1 fully saturated rings. The molecule has 0 bridgehead atoms. The maximum Gasteiger partial charge on any atom is 0.338 e. The van der Waals surface area contributed by atoms with Crippen molar-refractivity contribution in [2.24, 2.45) is 11.3 Å². The average Bonchev–Trinajstić information content (AvgIpc) is 2.80. The second-order valence-corrected chi connectivity index (χ2v) is 10.2.